The van der Waals surface area contributed by atoms with Crippen LogP contribution in [0.25, 0.3) is 0 Å². The van der Waals surface area contributed by atoms with E-state index in [4.69, 9.17) is 11.6 Å². The van der Waals surface area contributed by atoms with E-state index in [1.165, 1.54) is 7.11 Å². The normalized spacial score (nSPS) is 12.6. The highest BCUT2D eigenvalue weighted by molar-refractivity contribution is 7.80. The van der Waals surface area contributed by atoms with Gasteiger partial charge in [-0.1, -0.05) is 0 Å². The number of carbonyl (C=O) groups is 1. The fourth-order valence-electron chi connectivity index (χ4n) is 0.844. The highest BCUT2D eigenvalue weighted by atomic mass is 35.5. The molecule has 72 valence electrons. The van der Waals surface area contributed by atoms with E-state index in [9.17, 15) is 4.79 Å². The van der Waals surface area contributed by atoms with Crippen LogP contribution >= 0.6 is 24.2 Å². The van der Waals surface area contributed by atoms with Gasteiger partial charge in [0.25, 0.3) is 0 Å². The highest BCUT2D eigenvalue weighted by Gasteiger charge is 2.06. The molecule has 0 saturated carbocycles. The van der Waals surface area contributed by atoms with Crippen LogP contribution < -0.4 is 0 Å². The number of methoxy groups -OCH3 is 1. The molecule has 0 fully saturated rings. The summed E-state index contributed by atoms with van der Waals surface area (Å²) in [5.41, 5.74) is 0. The monoisotopic (exact) mass is 210 g/mol. The van der Waals surface area contributed by atoms with Gasteiger partial charge >= 0.3 is 5.97 Å². The molecule has 0 bridgehead atoms. The van der Waals surface area contributed by atoms with E-state index in [0.717, 1.165) is 19.3 Å². The van der Waals surface area contributed by atoms with Crippen LogP contribution in [0, 0.1) is 0 Å². The van der Waals surface area contributed by atoms with Crippen molar-refractivity contribution in [1.82, 2.24) is 0 Å². The van der Waals surface area contributed by atoms with Crippen LogP contribution in [0.5, 0.6) is 0 Å². The zero-order valence-corrected chi connectivity index (χ0v) is 8.90. The Morgan fingerprint density at radius 1 is 1.58 bits per heavy atom. The van der Waals surface area contributed by atoms with Crippen molar-refractivity contribution in [2.75, 3.05) is 13.0 Å². The summed E-state index contributed by atoms with van der Waals surface area (Å²) in [6.07, 6.45) is 3.14. The molecule has 0 amide bonds. The molecule has 0 spiro atoms. The first-order valence-corrected chi connectivity index (χ1v) is 5.06. The third-order valence-corrected chi connectivity index (χ3v) is 2.36. The van der Waals surface area contributed by atoms with Crippen molar-refractivity contribution in [3.8, 4) is 0 Å². The molecule has 0 aromatic carbocycles. The summed E-state index contributed by atoms with van der Waals surface area (Å²) in [4.78, 5) is 10.7. The van der Waals surface area contributed by atoms with Crippen LogP contribution in [0.1, 0.15) is 25.7 Å². The second kappa shape index (κ2) is 7.74. The van der Waals surface area contributed by atoms with Crippen LogP contribution in [0.15, 0.2) is 0 Å². The number of halogens is 1. The minimum absolute atomic E-state index is 0.167. The number of alkyl halides is 1. The topological polar surface area (TPSA) is 26.3 Å². The van der Waals surface area contributed by atoms with Crippen molar-refractivity contribution in [2.45, 2.75) is 30.9 Å². The zero-order chi connectivity index (χ0) is 9.40. The number of carbonyl (C=O) groups excluding carboxylic acids is 1. The average Bonchev–Trinajstić information content (AvgIpc) is 2.10. The predicted molar refractivity (Wildman–Crippen MR) is 54.0 cm³/mol. The number of ether oxygens (including phenoxy) is 1. The minimum Gasteiger partial charge on any atom is -0.469 e. The molecule has 0 aliphatic carbocycles. The van der Waals surface area contributed by atoms with Crippen molar-refractivity contribution >= 4 is 30.2 Å². The lowest BCUT2D eigenvalue weighted by Crippen LogP contribution is -2.06. The van der Waals surface area contributed by atoms with Gasteiger partial charge in [0.2, 0.25) is 0 Å². The molecule has 1 unspecified atom stereocenters. The van der Waals surface area contributed by atoms with Gasteiger partial charge in [-0.2, -0.15) is 12.6 Å². The molecule has 0 aromatic rings. The smallest absolute Gasteiger partial charge is 0.305 e. The second-order valence-electron chi connectivity index (χ2n) is 2.60. The first-order valence-electron chi connectivity index (χ1n) is 4.01. The number of thiol groups is 1. The van der Waals surface area contributed by atoms with E-state index >= 15 is 0 Å². The molecule has 0 rings (SSSR count). The van der Waals surface area contributed by atoms with Gasteiger partial charge in [0.1, 0.15) is 0 Å². The third-order valence-electron chi connectivity index (χ3n) is 1.58. The number of rotatable bonds is 6. The fourth-order valence-corrected chi connectivity index (χ4v) is 1.31. The van der Waals surface area contributed by atoms with Gasteiger partial charge in [0, 0.05) is 17.6 Å². The van der Waals surface area contributed by atoms with Crippen LogP contribution in [-0.2, 0) is 9.53 Å². The van der Waals surface area contributed by atoms with Gasteiger partial charge in [-0.25, -0.2) is 0 Å². The quantitative estimate of drug-likeness (QED) is 0.414. The molecule has 4 heteroatoms. The molecular formula is C8H15ClO2S. The standard InChI is InChI=1S/C8H15ClO2S/c1-11-8(10)5-4-7(12)3-2-6-9/h7,12H,2-6H2,1H3. The van der Waals surface area contributed by atoms with Crippen molar-refractivity contribution in [1.29, 1.82) is 0 Å². The van der Waals surface area contributed by atoms with Gasteiger partial charge in [-0.3, -0.25) is 4.79 Å². The maximum absolute atomic E-state index is 10.7. The van der Waals surface area contributed by atoms with Gasteiger partial charge in [-0.15, -0.1) is 11.6 Å². The molecular weight excluding hydrogens is 196 g/mol. The van der Waals surface area contributed by atoms with E-state index in [2.05, 4.69) is 17.4 Å². The number of hydrogen-bond acceptors (Lipinski definition) is 3. The van der Waals surface area contributed by atoms with Crippen molar-refractivity contribution in [3.63, 3.8) is 0 Å². The SMILES string of the molecule is COC(=O)CCC(S)CCCCl. The Morgan fingerprint density at radius 3 is 2.75 bits per heavy atom. The molecule has 0 saturated heterocycles. The first-order chi connectivity index (χ1) is 5.70. The fraction of sp³-hybridized carbons (Fsp3) is 0.875. The maximum atomic E-state index is 10.7. The summed E-state index contributed by atoms with van der Waals surface area (Å²) < 4.78 is 4.51. The summed E-state index contributed by atoms with van der Waals surface area (Å²) in [6, 6.07) is 0. The molecule has 2 nitrogen and oxygen atoms in total. The maximum Gasteiger partial charge on any atom is 0.305 e. The van der Waals surface area contributed by atoms with Gasteiger partial charge in [0.15, 0.2) is 0 Å². The molecule has 0 N–H and O–H groups in total. The van der Waals surface area contributed by atoms with Gasteiger partial charge in [-0.05, 0) is 19.3 Å². The van der Waals surface area contributed by atoms with E-state index < -0.39 is 0 Å². The Bertz CT molecular complexity index is 130. The van der Waals surface area contributed by atoms with Crippen molar-refractivity contribution in [3.05, 3.63) is 0 Å². The Morgan fingerprint density at radius 2 is 2.25 bits per heavy atom. The number of hydrogen-bond donors (Lipinski definition) is 1. The molecule has 1 atom stereocenters. The zero-order valence-electron chi connectivity index (χ0n) is 7.25. The van der Waals surface area contributed by atoms with Gasteiger partial charge in [0.05, 0.1) is 7.11 Å². The molecule has 0 heterocycles. The Labute approximate surface area is 84.0 Å². The summed E-state index contributed by atoms with van der Waals surface area (Å²) in [6.45, 7) is 0. The average molecular weight is 211 g/mol. The minimum atomic E-state index is -0.167. The molecule has 0 aliphatic rings. The lowest BCUT2D eigenvalue weighted by Gasteiger charge is -2.07. The van der Waals surface area contributed by atoms with Crippen LogP contribution in [-0.4, -0.2) is 24.2 Å². The summed E-state index contributed by atoms with van der Waals surface area (Å²) in [7, 11) is 1.40. The first kappa shape index (κ1) is 12.1. The largest absolute Gasteiger partial charge is 0.469 e. The van der Waals surface area contributed by atoms with Crippen LogP contribution in [0.2, 0.25) is 0 Å². The van der Waals surface area contributed by atoms with Crippen LogP contribution in [0.4, 0.5) is 0 Å². The molecule has 12 heavy (non-hydrogen) atoms. The van der Waals surface area contributed by atoms with Crippen molar-refractivity contribution in [2.24, 2.45) is 0 Å². The molecule has 0 aromatic heterocycles. The van der Waals surface area contributed by atoms with E-state index in [1.807, 2.05) is 0 Å². The van der Waals surface area contributed by atoms with E-state index in [-0.39, 0.29) is 11.2 Å². The third kappa shape index (κ3) is 6.80. The molecule has 0 radical (unpaired) electrons. The van der Waals surface area contributed by atoms with E-state index in [1.54, 1.807) is 0 Å². The molecule has 0 aliphatic heterocycles. The lowest BCUT2D eigenvalue weighted by molar-refractivity contribution is -0.140. The summed E-state index contributed by atoms with van der Waals surface area (Å²) in [5.74, 6) is 0.495. The Balaban J connectivity index is 3.30. The summed E-state index contributed by atoms with van der Waals surface area (Å²) in [5, 5.41) is 0.267. The van der Waals surface area contributed by atoms with Crippen molar-refractivity contribution < 1.29 is 9.53 Å². The number of esters is 1. The lowest BCUT2D eigenvalue weighted by atomic mass is 10.1. The summed E-state index contributed by atoms with van der Waals surface area (Å²) >= 11 is 9.82. The Hall–Kier alpha value is 0.110. The predicted octanol–water partition coefficient (Wildman–Crippen LogP) is 2.26. The van der Waals surface area contributed by atoms with Crippen LogP contribution in [0.3, 0.4) is 0 Å². The van der Waals surface area contributed by atoms with Gasteiger partial charge < -0.3 is 4.74 Å². The van der Waals surface area contributed by atoms with E-state index in [0.29, 0.717) is 12.3 Å². The second-order valence-corrected chi connectivity index (χ2v) is 3.71. The highest BCUT2D eigenvalue weighted by Crippen LogP contribution is 2.12. The Kier molecular flexibility index (Phi) is 7.81.